The van der Waals surface area contributed by atoms with Crippen LogP contribution >= 0.6 is 0 Å². The fourth-order valence-corrected chi connectivity index (χ4v) is 3.39. The van der Waals surface area contributed by atoms with Gasteiger partial charge in [-0.25, -0.2) is 0 Å². The van der Waals surface area contributed by atoms with E-state index in [4.69, 9.17) is 0 Å². The van der Waals surface area contributed by atoms with Gasteiger partial charge < -0.3 is 10.6 Å². The Morgan fingerprint density at radius 3 is 2.77 bits per heavy atom. The molecule has 2 heterocycles. The van der Waals surface area contributed by atoms with Crippen molar-refractivity contribution in [2.45, 2.75) is 37.3 Å². The van der Waals surface area contributed by atoms with E-state index in [1.165, 1.54) is 0 Å². The van der Waals surface area contributed by atoms with Gasteiger partial charge in [-0.05, 0) is 50.9 Å². The predicted molar refractivity (Wildman–Crippen MR) is 87.1 cm³/mol. The molecule has 2 aromatic rings. The van der Waals surface area contributed by atoms with E-state index in [0.717, 1.165) is 55.2 Å². The van der Waals surface area contributed by atoms with Crippen LogP contribution in [0.5, 0.6) is 0 Å². The highest BCUT2D eigenvalue weighted by molar-refractivity contribution is 6.06. The van der Waals surface area contributed by atoms with Crippen LogP contribution < -0.4 is 10.6 Å². The van der Waals surface area contributed by atoms with Crippen LogP contribution in [0.15, 0.2) is 36.5 Å². The first-order valence-corrected chi connectivity index (χ1v) is 8.15. The van der Waals surface area contributed by atoms with Gasteiger partial charge in [0.25, 0.3) is 0 Å². The number of para-hydroxylation sites is 1. The van der Waals surface area contributed by atoms with E-state index in [2.05, 4.69) is 15.6 Å². The Balaban J connectivity index is 1.56. The lowest BCUT2D eigenvalue weighted by atomic mass is 9.99. The molecule has 1 aromatic carbocycles. The molecule has 4 nitrogen and oxygen atoms in total. The predicted octanol–water partition coefficient (Wildman–Crippen LogP) is 2.29. The minimum atomic E-state index is -0.327. The average Bonchev–Trinajstić information content (AvgIpc) is 3.35. The lowest BCUT2D eigenvalue weighted by Crippen LogP contribution is -2.49. The quantitative estimate of drug-likeness (QED) is 0.850. The number of nitrogens with zero attached hydrogens (tertiary/aromatic N) is 1. The van der Waals surface area contributed by atoms with Gasteiger partial charge in [-0.1, -0.05) is 18.2 Å². The Morgan fingerprint density at radius 2 is 2.00 bits per heavy atom. The molecular formula is C18H21N3O. The number of nitrogens with one attached hydrogen (secondary N) is 2. The molecule has 114 valence electrons. The van der Waals surface area contributed by atoms with Gasteiger partial charge >= 0.3 is 0 Å². The summed E-state index contributed by atoms with van der Waals surface area (Å²) in [5.41, 5.74) is 1.35. The smallest absolute Gasteiger partial charge is 0.184 e. The number of piperidine rings is 1. The van der Waals surface area contributed by atoms with Gasteiger partial charge in [0, 0.05) is 23.2 Å². The minimum absolute atomic E-state index is 0.212. The summed E-state index contributed by atoms with van der Waals surface area (Å²) in [7, 11) is 0. The molecule has 0 spiro atoms. The molecular weight excluding hydrogens is 274 g/mol. The molecule has 0 atom stereocenters. The Hall–Kier alpha value is -1.78. The molecule has 1 aliphatic heterocycles. The van der Waals surface area contributed by atoms with Gasteiger partial charge in [-0.15, -0.1) is 0 Å². The van der Waals surface area contributed by atoms with Crippen molar-refractivity contribution in [1.29, 1.82) is 0 Å². The zero-order chi connectivity index (χ0) is 15.0. The fourth-order valence-electron chi connectivity index (χ4n) is 3.39. The third-order valence-corrected chi connectivity index (χ3v) is 4.86. The highest BCUT2D eigenvalue weighted by Gasteiger charge is 2.50. The minimum Gasteiger partial charge on any atom is -0.317 e. The number of benzene rings is 1. The van der Waals surface area contributed by atoms with Crippen LogP contribution in [0.4, 0.5) is 0 Å². The standard InChI is InChI=1S/C18H21N3O/c22-17(14-11-13-3-1-2-4-16(13)20-12-14)18(7-8-18)21-15-5-9-19-10-6-15/h1-4,11-12,15,19,21H,5-10H2. The summed E-state index contributed by atoms with van der Waals surface area (Å²) >= 11 is 0. The van der Waals surface area contributed by atoms with Gasteiger partial charge in [-0.3, -0.25) is 9.78 Å². The number of hydrogen-bond acceptors (Lipinski definition) is 4. The first-order valence-electron chi connectivity index (χ1n) is 8.15. The third kappa shape index (κ3) is 2.53. The average molecular weight is 295 g/mol. The molecule has 2 fully saturated rings. The van der Waals surface area contributed by atoms with Gasteiger partial charge in [0.2, 0.25) is 0 Å². The molecule has 22 heavy (non-hydrogen) atoms. The molecule has 4 rings (SSSR count). The number of fused-ring (bicyclic) bond motifs is 1. The second kappa shape index (κ2) is 5.45. The number of hydrogen-bond donors (Lipinski definition) is 2. The summed E-state index contributed by atoms with van der Waals surface area (Å²) in [5, 5.41) is 8.04. The molecule has 0 unspecified atom stereocenters. The molecule has 1 aromatic heterocycles. The second-order valence-corrected chi connectivity index (χ2v) is 6.50. The molecule has 1 saturated heterocycles. The van der Waals surface area contributed by atoms with Crippen LogP contribution in [0.1, 0.15) is 36.0 Å². The summed E-state index contributed by atoms with van der Waals surface area (Å²) in [4.78, 5) is 17.4. The lowest BCUT2D eigenvalue weighted by molar-refractivity contribution is 0.0915. The summed E-state index contributed by atoms with van der Waals surface area (Å²) < 4.78 is 0. The topological polar surface area (TPSA) is 54.0 Å². The SMILES string of the molecule is O=C(c1cnc2ccccc2c1)C1(NC2CCNCC2)CC1. The van der Waals surface area contributed by atoms with E-state index in [-0.39, 0.29) is 11.3 Å². The Morgan fingerprint density at radius 1 is 1.23 bits per heavy atom. The van der Waals surface area contributed by atoms with E-state index in [1.807, 2.05) is 30.3 Å². The van der Waals surface area contributed by atoms with Crippen molar-refractivity contribution in [1.82, 2.24) is 15.6 Å². The molecule has 1 aliphatic carbocycles. The van der Waals surface area contributed by atoms with Crippen molar-refractivity contribution in [3.8, 4) is 0 Å². The van der Waals surface area contributed by atoms with Crippen molar-refractivity contribution in [3.63, 3.8) is 0 Å². The fraction of sp³-hybridized carbons (Fsp3) is 0.444. The number of pyridine rings is 1. The van der Waals surface area contributed by atoms with E-state index in [1.54, 1.807) is 6.20 Å². The molecule has 0 radical (unpaired) electrons. The van der Waals surface area contributed by atoms with Crippen LogP contribution in [0.25, 0.3) is 10.9 Å². The molecule has 2 N–H and O–H groups in total. The van der Waals surface area contributed by atoms with Crippen LogP contribution in [0.2, 0.25) is 0 Å². The van der Waals surface area contributed by atoms with Gasteiger partial charge in [0.15, 0.2) is 5.78 Å². The van der Waals surface area contributed by atoms with Crippen molar-refractivity contribution >= 4 is 16.7 Å². The molecule has 0 bridgehead atoms. The number of Topliss-reactive ketones (excluding diaryl/α,β-unsaturated/α-hetero) is 1. The maximum Gasteiger partial charge on any atom is 0.184 e. The zero-order valence-electron chi connectivity index (χ0n) is 12.6. The first-order chi connectivity index (χ1) is 10.8. The molecule has 4 heteroatoms. The van der Waals surface area contributed by atoms with E-state index < -0.39 is 0 Å². The maximum atomic E-state index is 12.9. The van der Waals surface area contributed by atoms with E-state index in [9.17, 15) is 4.79 Å². The van der Waals surface area contributed by atoms with Crippen LogP contribution in [0.3, 0.4) is 0 Å². The van der Waals surface area contributed by atoms with Crippen molar-refractivity contribution in [2.24, 2.45) is 0 Å². The highest BCUT2D eigenvalue weighted by atomic mass is 16.1. The Bertz CT molecular complexity index is 702. The monoisotopic (exact) mass is 295 g/mol. The summed E-state index contributed by atoms with van der Waals surface area (Å²) in [5.74, 6) is 0.212. The number of aromatic nitrogens is 1. The summed E-state index contributed by atoms with van der Waals surface area (Å²) in [6.07, 6.45) is 5.83. The van der Waals surface area contributed by atoms with Crippen LogP contribution in [-0.2, 0) is 0 Å². The largest absolute Gasteiger partial charge is 0.317 e. The summed E-state index contributed by atoms with van der Waals surface area (Å²) in [6, 6.07) is 10.4. The van der Waals surface area contributed by atoms with Crippen molar-refractivity contribution in [3.05, 3.63) is 42.1 Å². The van der Waals surface area contributed by atoms with E-state index in [0.29, 0.717) is 6.04 Å². The molecule has 2 aliphatic rings. The normalized spacial score (nSPS) is 20.9. The number of carbonyl (C=O) groups is 1. The van der Waals surface area contributed by atoms with Gasteiger partial charge in [0.1, 0.15) is 0 Å². The van der Waals surface area contributed by atoms with E-state index >= 15 is 0 Å². The number of carbonyl (C=O) groups excluding carboxylic acids is 1. The summed E-state index contributed by atoms with van der Waals surface area (Å²) in [6.45, 7) is 2.08. The zero-order valence-corrected chi connectivity index (χ0v) is 12.6. The number of ketones is 1. The Kier molecular flexibility index (Phi) is 3.43. The molecule has 0 amide bonds. The van der Waals surface area contributed by atoms with Gasteiger partial charge in [-0.2, -0.15) is 0 Å². The molecule has 1 saturated carbocycles. The Labute approximate surface area is 130 Å². The first kappa shape index (κ1) is 13.9. The van der Waals surface area contributed by atoms with Crippen molar-refractivity contribution in [2.75, 3.05) is 13.1 Å². The number of rotatable bonds is 4. The maximum absolute atomic E-state index is 12.9. The highest BCUT2D eigenvalue weighted by Crippen LogP contribution is 2.39. The van der Waals surface area contributed by atoms with Crippen LogP contribution in [0, 0.1) is 0 Å². The second-order valence-electron chi connectivity index (χ2n) is 6.50. The lowest BCUT2D eigenvalue weighted by Gasteiger charge is -2.28. The van der Waals surface area contributed by atoms with Crippen molar-refractivity contribution < 1.29 is 4.79 Å². The third-order valence-electron chi connectivity index (χ3n) is 4.86. The van der Waals surface area contributed by atoms with Gasteiger partial charge in [0.05, 0.1) is 11.1 Å². The van der Waals surface area contributed by atoms with Crippen LogP contribution in [-0.4, -0.2) is 35.4 Å².